The SMILES string of the molecule is CC(C)OC(=O)CCC/C=C/C[C@@H]1[C@@H](CC[C@H](CCc2ccccc2)O[Si](C)(C)C(C)(C)C)[C@H](O[Si](C)(C)C(C)(C)C)C[C@@H]1O. The van der Waals surface area contributed by atoms with E-state index in [4.69, 9.17) is 13.6 Å². The molecule has 1 saturated carbocycles. The van der Waals surface area contributed by atoms with E-state index >= 15 is 0 Å². The van der Waals surface area contributed by atoms with Crippen molar-refractivity contribution >= 4 is 22.6 Å². The smallest absolute Gasteiger partial charge is 0.306 e. The number of hydrogen-bond donors (Lipinski definition) is 1. The molecule has 0 aliphatic heterocycles. The first-order valence-corrected chi connectivity index (χ1v) is 23.5. The van der Waals surface area contributed by atoms with Crippen molar-refractivity contribution in [1.29, 1.82) is 0 Å². The van der Waals surface area contributed by atoms with E-state index in [0.29, 0.717) is 12.8 Å². The summed E-state index contributed by atoms with van der Waals surface area (Å²) in [4.78, 5) is 11.9. The van der Waals surface area contributed by atoms with E-state index in [1.807, 2.05) is 13.8 Å². The molecule has 5 nitrogen and oxygen atoms in total. The fraction of sp³-hybridized carbons (Fsp3) is 0.763. The Bertz CT molecular complexity index is 1040. The lowest BCUT2D eigenvalue weighted by molar-refractivity contribution is -0.147. The predicted octanol–water partition coefficient (Wildman–Crippen LogP) is 10.2. The largest absolute Gasteiger partial charge is 0.463 e. The molecule has 0 spiro atoms. The number of aliphatic hydroxyl groups excluding tert-OH is 1. The van der Waals surface area contributed by atoms with Gasteiger partial charge in [0, 0.05) is 12.5 Å². The molecule has 1 aromatic carbocycles. The van der Waals surface area contributed by atoms with Gasteiger partial charge in [-0.3, -0.25) is 4.79 Å². The normalized spacial score (nSPS) is 22.4. The highest BCUT2D eigenvalue weighted by atomic mass is 28.4. The van der Waals surface area contributed by atoms with E-state index in [-0.39, 0.29) is 52.3 Å². The molecule has 258 valence electrons. The highest BCUT2D eigenvalue weighted by molar-refractivity contribution is 6.74. The molecule has 2 rings (SSSR count). The summed E-state index contributed by atoms with van der Waals surface area (Å²) in [5.41, 5.74) is 1.36. The molecular weight excluding hydrogens is 593 g/mol. The third-order valence-corrected chi connectivity index (χ3v) is 19.7. The molecule has 5 atom stereocenters. The van der Waals surface area contributed by atoms with Gasteiger partial charge in [-0.15, -0.1) is 0 Å². The molecule has 0 unspecified atom stereocenters. The van der Waals surface area contributed by atoms with Crippen LogP contribution in [-0.4, -0.2) is 52.1 Å². The van der Waals surface area contributed by atoms with Gasteiger partial charge in [0.2, 0.25) is 0 Å². The van der Waals surface area contributed by atoms with Crippen LogP contribution in [0.15, 0.2) is 42.5 Å². The minimum Gasteiger partial charge on any atom is -0.463 e. The Kier molecular flexibility index (Phi) is 15.3. The maximum Gasteiger partial charge on any atom is 0.306 e. The van der Waals surface area contributed by atoms with Crippen LogP contribution < -0.4 is 0 Å². The van der Waals surface area contributed by atoms with Crippen LogP contribution in [0.3, 0.4) is 0 Å². The second-order valence-electron chi connectivity index (χ2n) is 16.8. The molecule has 1 N–H and O–H groups in total. The van der Waals surface area contributed by atoms with Crippen LogP contribution >= 0.6 is 0 Å². The predicted molar refractivity (Wildman–Crippen MR) is 195 cm³/mol. The standard InChI is InChI=1S/C38H68O5Si2/c1-29(2)41-36(40)23-19-14-13-18-22-32-33(35(28-34(32)39)43-45(11,12)38(6,7)8)27-26-31(42-44(9,10)37(3,4)5)25-24-30-20-16-15-17-21-30/h13,15-18,20-21,29,31-35,39H,14,19,22-28H2,1-12H3/b18-13+/t31-,32+,33+,34-,35+/m0/s1. The second-order valence-corrected chi connectivity index (χ2v) is 26.3. The summed E-state index contributed by atoms with van der Waals surface area (Å²) in [6, 6.07) is 10.8. The lowest BCUT2D eigenvalue weighted by atomic mass is 9.85. The molecule has 0 aromatic heterocycles. The van der Waals surface area contributed by atoms with Crippen LogP contribution in [0.4, 0.5) is 0 Å². The summed E-state index contributed by atoms with van der Waals surface area (Å²) in [5.74, 6) is 0.309. The van der Waals surface area contributed by atoms with Crippen LogP contribution in [0, 0.1) is 11.8 Å². The number of hydrogen-bond acceptors (Lipinski definition) is 5. The van der Waals surface area contributed by atoms with Crippen LogP contribution in [-0.2, 0) is 24.8 Å². The van der Waals surface area contributed by atoms with E-state index in [1.54, 1.807) is 0 Å². The van der Waals surface area contributed by atoms with Gasteiger partial charge in [-0.05, 0) is 119 Å². The second kappa shape index (κ2) is 17.2. The monoisotopic (exact) mass is 660 g/mol. The number of carbonyl (C=O) groups excluding carboxylic acids is 1. The fourth-order valence-electron chi connectivity index (χ4n) is 5.83. The number of ether oxygens (including phenoxy) is 1. The van der Waals surface area contributed by atoms with E-state index < -0.39 is 16.6 Å². The lowest BCUT2D eigenvalue weighted by Gasteiger charge is -2.41. The zero-order valence-electron chi connectivity index (χ0n) is 30.9. The number of unbranched alkanes of at least 4 members (excludes halogenated alkanes) is 1. The molecule has 0 heterocycles. The van der Waals surface area contributed by atoms with Gasteiger partial charge in [0.05, 0.1) is 18.3 Å². The molecule has 45 heavy (non-hydrogen) atoms. The van der Waals surface area contributed by atoms with Crippen LogP contribution in [0.1, 0.15) is 112 Å². The molecule has 1 aliphatic rings. The van der Waals surface area contributed by atoms with E-state index in [1.165, 1.54) is 5.56 Å². The number of rotatable bonds is 17. The molecule has 0 radical (unpaired) electrons. The van der Waals surface area contributed by atoms with E-state index in [2.05, 4.69) is 110 Å². The third kappa shape index (κ3) is 13.0. The first-order chi connectivity index (χ1) is 20.7. The van der Waals surface area contributed by atoms with Crippen LogP contribution in [0.25, 0.3) is 0 Å². The minimum atomic E-state index is -2.02. The molecule has 7 heteroatoms. The number of allylic oxidation sites excluding steroid dienone is 2. The van der Waals surface area contributed by atoms with Gasteiger partial charge in [0.25, 0.3) is 0 Å². The first kappa shape index (κ1) is 39.9. The van der Waals surface area contributed by atoms with Crippen molar-refractivity contribution in [2.45, 2.75) is 174 Å². The van der Waals surface area contributed by atoms with Gasteiger partial charge in [0.15, 0.2) is 16.6 Å². The topological polar surface area (TPSA) is 65.0 Å². The maximum absolute atomic E-state index is 11.9. The first-order valence-electron chi connectivity index (χ1n) is 17.7. The number of aryl methyl sites for hydroxylation is 1. The zero-order chi connectivity index (χ0) is 34.1. The summed E-state index contributed by atoms with van der Waals surface area (Å²) in [6.07, 6.45) is 11.8. The van der Waals surface area contributed by atoms with Crippen LogP contribution in [0.2, 0.25) is 36.3 Å². The summed E-state index contributed by atoms with van der Waals surface area (Å²) < 4.78 is 19.4. The Morgan fingerprint density at radius 3 is 2.13 bits per heavy atom. The third-order valence-electron chi connectivity index (χ3n) is 10.6. The number of aliphatic hydroxyl groups is 1. The number of carbonyl (C=O) groups is 1. The van der Waals surface area contributed by atoms with Gasteiger partial charge in [0.1, 0.15) is 0 Å². The Labute approximate surface area is 279 Å². The Balaban J connectivity index is 2.21. The molecular formula is C38H68O5Si2. The average Bonchev–Trinajstić information content (AvgIpc) is 3.19. The average molecular weight is 661 g/mol. The van der Waals surface area contributed by atoms with Crippen molar-refractivity contribution < 1.29 is 23.5 Å². The molecule has 1 aliphatic carbocycles. The van der Waals surface area contributed by atoms with Crippen LogP contribution in [0.5, 0.6) is 0 Å². The molecule has 0 saturated heterocycles. The number of esters is 1. The minimum absolute atomic E-state index is 0.0627. The van der Waals surface area contributed by atoms with E-state index in [0.717, 1.165) is 44.9 Å². The van der Waals surface area contributed by atoms with Crippen molar-refractivity contribution in [2.24, 2.45) is 11.8 Å². The summed E-state index contributed by atoms with van der Waals surface area (Å²) in [6.45, 7) is 27.0. The Hall–Kier alpha value is -1.26. The summed E-state index contributed by atoms with van der Waals surface area (Å²) >= 11 is 0. The fourth-order valence-corrected chi connectivity index (χ4v) is 8.64. The maximum atomic E-state index is 11.9. The Morgan fingerprint density at radius 1 is 0.933 bits per heavy atom. The van der Waals surface area contributed by atoms with Crippen molar-refractivity contribution in [3.63, 3.8) is 0 Å². The summed E-state index contributed by atoms with van der Waals surface area (Å²) in [5, 5.41) is 11.7. The van der Waals surface area contributed by atoms with Crippen molar-refractivity contribution in [1.82, 2.24) is 0 Å². The van der Waals surface area contributed by atoms with Gasteiger partial charge >= 0.3 is 5.97 Å². The van der Waals surface area contributed by atoms with Gasteiger partial charge in [-0.1, -0.05) is 84.0 Å². The molecule has 1 aromatic rings. The highest BCUT2D eigenvalue weighted by Crippen LogP contribution is 2.46. The molecule has 0 bridgehead atoms. The van der Waals surface area contributed by atoms with Gasteiger partial charge in [-0.2, -0.15) is 0 Å². The highest BCUT2D eigenvalue weighted by Gasteiger charge is 2.48. The van der Waals surface area contributed by atoms with Gasteiger partial charge < -0.3 is 18.7 Å². The van der Waals surface area contributed by atoms with Crippen molar-refractivity contribution in [3.05, 3.63) is 48.0 Å². The lowest BCUT2D eigenvalue weighted by Crippen LogP contribution is -2.45. The Morgan fingerprint density at radius 2 is 1.56 bits per heavy atom. The van der Waals surface area contributed by atoms with Crippen molar-refractivity contribution in [2.75, 3.05) is 0 Å². The zero-order valence-corrected chi connectivity index (χ0v) is 32.9. The number of benzene rings is 1. The summed E-state index contributed by atoms with van der Waals surface area (Å²) in [7, 11) is -3.98. The molecule has 0 amide bonds. The van der Waals surface area contributed by atoms with Gasteiger partial charge in [-0.25, -0.2) is 0 Å². The quantitative estimate of drug-likeness (QED) is 0.0780. The van der Waals surface area contributed by atoms with E-state index in [9.17, 15) is 9.90 Å². The van der Waals surface area contributed by atoms with Crippen molar-refractivity contribution in [3.8, 4) is 0 Å². The molecule has 1 fully saturated rings.